The van der Waals surface area contributed by atoms with E-state index in [0.29, 0.717) is 10.0 Å². The molecule has 0 amide bonds. The second kappa shape index (κ2) is 3.87. The van der Waals surface area contributed by atoms with Gasteiger partial charge in [0.05, 0.1) is 16.2 Å². The summed E-state index contributed by atoms with van der Waals surface area (Å²) < 4.78 is 1.76. The van der Waals surface area contributed by atoms with Crippen LogP contribution in [0.4, 0.5) is 0 Å². The van der Waals surface area contributed by atoms with Crippen LogP contribution in [0.3, 0.4) is 0 Å². The van der Waals surface area contributed by atoms with Crippen LogP contribution < -0.4 is 0 Å². The maximum absolute atomic E-state index is 6.10. The van der Waals surface area contributed by atoms with E-state index in [4.69, 9.17) is 23.2 Å². The molecule has 78 valence electrons. The zero-order valence-corrected chi connectivity index (χ0v) is 9.97. The minimum absolute atomic E-state index is 0.605. The topological polar surface area (TPSA) is 17.8 Å². The van der Waals surface area contributed by atoms with Crippen molar-refractivity contribution >= 4 is 23.2 Å². The Bertz CT molecular complexity index is 483. The van der Waals surface area contributed by atoms with Gasteiger partial charge in [-0.1, -0.05) is 29.3 Å². The van der Waals surface area contributed by atoms with Gasteiger partial charge in [0.1, 0.15) is 5.69 Å². The first-order chi connectivity index (χ1) is 7.11. The average Bonchev–Trinajstić information content (AvgIpc) is 2.49. The molecule has 0 aliphatic heterocycles. The number of nitrogens with zero attached hydrogens (tertiary/aromatic N) is 2. The van der Waals surface area contributed by atoms with Crippen molar-refractivity contribution in [2.75, 3.05) is 0 Å². The lowest BCUT2D eigenvalue weighted by atomic mass is 10.3. The third-order valence-electron chi connectivity index (χ3n) is 2.40. The molecule has 0 atom stereocenters. The highest BCUT2D eigenvalue weighted by Gasteiger charge is 2.11. The molecule has 0 bridgehead atoms. The molecule has 0 N–H and O–H groups in total. The Balaban J connectivity index is 2.69. The van der Waals surface area contributed by atoms with Crippen molar-refractivity contribution in [3.05, 3.63) is 45.7 Å². The summed E-state index contributed by atoms with van der Waals surface area (Å²) in [4.78, 5) is 0. The lowest BCUT2D eigenvalue weighted by Crippen LogP contribution is -2.00. The highest BCUT2D eigenvalue weighted by molar-refractivity contribution is 6.37. The number of rotatable bonds is 1. The second-order valence-electron chi connectivity index (χ2n) is 3.40. The maximum Gasteiger partial charge on any atom is 0.102 e. The number of aromatic nitrogens is 2. The molecule has 0 fully saturated rings. The van der Waals surface area contributed by atoms with E-state index < -0.39 is 0 Å². The van der Waals surface area contributed by atoms with Crippen molar-refractivity contribution in [3.63, 3.8) is 0 Å². The first kappa shape index (κ1) is 10.5. The summed E-state index contributed by atoms with van der Waals surface area (Å²) in [6, 6.07) is 5.43. The van der Waals surface area contributed by atoms with E-state index in [1.165, 1.54) is 0 Å². The summed E-state index contributed by atoms with van der Waals surface area (Å²) in [6.45, 7) is 3.99. The van der Waals surface area contributed by atoms with Crippen LogP contribution in [0.5, 0.6) is 0 Å². The average molecular weight is 241 g/mol. The molecule has 2 nitrogen and oxygen atoms in total. The standard InChI is InChI=1S/C11H10Cl2N2/c1-7-6-14-15(8(7)2)11-9(12)4-3-5-10(11)13/h3-6H,1-2H3. The summed E-state index contributed by atoms with van der Waals surface area (Å²) in [6.07, 6.45) is 1.80. The Morgan fingerprint density at radius 1 is 1.13 bits per heavy atom. The zero-order chi connectivity index (χ0) is 11.0. The van der Waals surface area contributed by atoms with Gasteiger partial charge in [0.2, 0.25) is 0 Å². The van der Waals surface area contributed by atoms with E-state index in [-0.39, 0.29) is 0 Å². The van der Waals surface area contributed by atoms with Crippen LogP contribution >= 0.6 is 23.2 Å². The van der Waals surface area contributed by atoms with Crippen LogP contribution in [0.2, 0.25) is 10.0 Å². The fraction of sp³-hybridized carbons (Fsp3) is 0.182. The molecule has 1 aromatic heterocycles. The van der Waals surface area contributed by atoms with Crippen LogP contribution in [-0.4, -0.2) is 9.78 Å². The lowest BCUT2D eigenvalue weighted by Gasteiger charge is -2.08. The molecule has 0 spiro atoms. The molecule has 0 saturated carbocycles. The van der Waals surface area contributed by atoms with Gasteiger partial charge in [-0.15, -0.1) is 0 Å². The molecule has 4 heteroatoms. The third kappa shape index (κ3) is 1.75. The molecule has 2 rings (SSSR count). The quantitative estimate of drug-likeness (QED) is 0.742. The van der Waals surface area contributed by atoms with Crippen LogP contribution in [0.15, 0.2) is 24.4 Å². The van der Waals surface area contributed by atoms with Crippen molar-refractivity contribution in [3.8, 4) is 5.69 Å². The summed E-state index contributed by atoms with van der Waals surface area (Å²) in [5.41, 5.74) is 2.91. The van der Waals surface area contributed by atoms with Crippen LogP contribution in [-0.2, 0) is 0 Å². The molecule has 1 aromatic carbocycles. The van der Waals surface area contributed by atoms with E-state index in [1.807, 2.05) is 19.9 Å². The van der Waals surface area contributed by atoms with E-state index in [9.17, 15) is 0 Å². The smallest absolute Gasteiger partial charge is 0.102 e. The van der Waals surface area contributed by atoms with Crippen LogP contribution in [0.1, 0.15) is 11.3 Å². The molecule has 0 saturated heterocycles. The van der Waals surface area contributed by atoms with Gasteiger partial charge in [-0.25, -0.2) is 4.68 Å². The number of hydrogen-bond donors (Lipinski definition) is 0. The van der Waals surface area contributed by atoms with Crippen LogP contribution in [0, 0.1) is 13.8 Å². The van der Waals surface area contributed by atoms with E-state index in [1.54, 1.807) is 23.0 Å². The number of halogens is 2. The number of benzene rings is 1. The Kier molecular flexibility index (Phi) is 2.72. The second-order valence-corrected chi connectivity index (χ2v) is 4.21. The van der Waals surface area contributed by atoms with E-state index >= 15 is 0 Å². The Morgan fingerprint density at radius 3 is 2.20 bits per heavy atom. The first-order valence-electron chi connectivity index (χ1n) is 4.57. The third-order valence-corrected chi connectivity index (χ3v) is 3.01. The Labute approximate surface area is 98.4 Å². The van der Waals surface area contributed by atoms with Crippen molar-refractivity contribution in [1.29, 1.82) is 0 Å². The molecule has 1 heterocycles. The molecule has 15 heavy (non-hydrogen) atoms. The summed E-state index contributed by atoms with van der Waals surface area (Å²) in [7, 11) is 0. The van der Waals surface area contributed by atoms with Gasteiger partial charge in [0, 0.05) is 5.69 Å². The molecular weight excluding hydrogens is 231 g/mol. The van der Waals surface area contributed by atoms with Crippen molar-refractivity contribution in [2.24, 2.45) is 0 Å². The molecule has 0 aliphatic rings. The monoisotopic (exact) mass is 240 g/mol. The molecule has 0 aliphatic carbocycles. The fourth-order valence-corrected chi connectivity index (χ4v) is 1.97. The summed E-state index contributed by atoms with van der Waals surface area (Å²) in [5.74, 6) is 0. The Hall–Kier alpha value is -0.990. The van der Waals surface area contributed by atoms with Gasteiger partial charge < -0.3 is 0 Å². The normalized spacial score (nSPS) is 10.7. The number of aryl methyl sites for hydroxylation is 1. The van der Waals surface area contributed by atoms with Crippen molar-refractivity contribution in [2.45, 2.75) is 13.8 Å². The fourth-order valence-electron chi connectivity index (χ4n) is 1.41. The van der Waals surface area contributed by atoms with Gasteiger partial charge >= 0.3 is 0 Å². The zero-order valence-electron chi connectivity index (χ0n) is 8.46. The van der Waals surface area contributed by atoms with Gasteiger partial charge in [-0.2, -0.15) is 5.10 Å². The largest absolute Gasteiger partial charge is 0.235 e. The highest BCUT2D eigenvalue weighted by atomic mass is 35.5. The Morgan fingerprint density at radius 2 is 1.73 bits per heavy atom. The minimum atomic E-state index is 0.605. The van der Waals surface area contributed by atoms with E-state index in [2.05, 4.69) is 5.10 Å². The van der Waals surface area contributed by atoms with Gasteiger partial charge in [0.25, 0.3) is 0 Å². The molecular formula is C11H10Cl2N2. The maximum atomic E-state index is 6.10. The van der Waals surface area contributed by atoms with Gasteiger partial charge in [-0.05, 0) is 31.5 Å². The first-order valence-corrected chi connectivity index (χ1v) is 5.32. The van der Waals surface area contributed by atoms with Crippen molar-refractivity contribution in [1.82, 2.24) is 9.78 Å². The van der Waals surface area contributed by atoms with Crippen LogP contribution in [0.25, 0.3) is 5.69 Å². The predicted molar refractivity (Wildman–Crippen MR) is 63.1 cm³/mol. The molecule has 0 radical (unpaired) electrons. The predicted octanol–water partition coefficient (Wildman–Crippen LogP) is 3.80. The molecule has 2 aromatic rings. The summed E-state index contributed by atoms with van der Waals surface area (Å²) in [5, 5.41) is 5.47. The molecule has 0 unspecified atom stereocenters. The minimum Gasteiger partial charge on any atom is -0.235 e. The number of para-hydroxylation sites is 1. The number of hydrogen-bond acceptors (Lipinski definition) is 1. The van der Waals surface area contributed by atoms with Gasteiger partial charge in [-0.3, -0.25) is 0 Å². The van der Waals surface area contributed by atoms with E-state index in [0.717, 1.165) is 16.9 Å². The lowest BCUT2D eigenvalue weighted by molar-refractivity contribution is 0.846. The highest BCUT2D eigenvalue weighted by Crippen LogP contribution is 2.29. The summed E-state index contributed by atoms with van der Waals surface area (Å²) >= 11 is 12.2. The van der Waals surface area contributed by atoms with Crippen molar-refractivity contribution < 1.29 is 0 Å². The van der Waals surface area contributed by atoms with Gasteiger partial charge in [0.15, 0.2) is 0 Å². The SMILES string of the molecule is Cc1cnn(-c2c(Cl)cccc2Cl)c1C.